The zero-order chi connectivity index (χ0) is 13.4. The van der Waals surface area contributed by atoms with Crippen LogP contribution in [0.25, 0.3) is 0 Å². The predicted octanol–water partition coefficient (Wildman–Crippen LogP) is 1.90. The number of hydrogen-bond acceptors (Lipinski definition) is 5. The zero-order valence-corrected chi connectivity index (χ0v) is 11.3. The fraction of sp³-hybridized carbons (Fsp3) is 0.538. The van der Waals surface area contributed by atoms with Crippen LogP contribution in [0, 0.1) is 0 Å². The van der Waals surface area contributed by atoms with Crippen LogP contribution in [0.4, 0.5) is 11.5 Å². The molecule has 5 heteroatoms. The lowest BCUT2D eigenvalue weighted by atomic mass is 10.3. The van der Waals surface area contributed by atoms with Crippen molar-refractivity contribution >= 4 is 17.5 Å². The Bertz CT molecular complexity index is 361. The topological polar surface area (TPSA) is 54.5 Å². The molecule has 0 aliphatic carbocycles. The smallest absolute Gasteiger partial charge is 0.307 e. The van der Waals surface area contributed by atoms with E-state index in [-0.39, 0.29) is 5.97 Å². The maximum Gasteiger partial charge on any atom is 0.307 e. The van der Waals surface area contributed by atoms with Crippen molar-refractivity contribution in [1.82, 2.24) is 4.98 Å². The summed E-state index contributed by atoms with van der Waals surface area (Å²) in [6, 6.07) is 3.95. The molecular formula is C13H21N3O2. The molecule has 5 nitrogen and oxygen atoms in total. The molecule has 18 heavy (non-hydrogen) atoms. The minimum absolute atomic E-state index is 0.213. The highest BCUT2D eigenvalue weighted by molar-refractivity contribution is 5.69. The minimum atomic E-state index is -0.213. The third-order valence-corrected chi connectivity index (χ3v) is 2.72. The van der Waals surface area contributed by atoms with Crippen LogP contribution in [0.5, 0.6) is 0 Å². The Hall–Kier alpha value is -1.78. The number of nitrogens with one attached hydrogen (secondary N) is 1. The second-order valence-corrected chi connectivity index (χ2v) is 3.83. The summed E-state index contributed by atoms with van der Waals surface area (Å²) >= 11 is 0. The Morgan fingerprint density at radius 3 is 2.61 bits per heavy atom. The van der Waals surface area contributed by atoms with Gasteiger partial charge in [0.1, 0.15) is 5.82 Å². The van der Waals surface area contributed by atoms with Gasteiger partial charge < -0.3 is 15.0 Å². The summed E-state index contributed by atoms with van der Waals surface area (Å²) in [5, 5.41) is 3.13. The van der Waals surface area contributed by atoms with Crippen LogP contribution in [-0.2, 0) is 9.53 Å². The molecule has 1 rings (SSSR count). The van der Waals surface area contributed by atoms with Gasteiger partial charge in [0.05, 0.1) is 25.4 Å². The number of rotatable bonds is 7. The van der Waals surface area contributed by atoms with Crippen LogP contribution in [0.1, 0.15) is 20.3 Å². The molecule has 0 aromatic carbocycles. The third kappa shape index (κ3) is 4.24. The first-order valence-electron chi connectivity index (χ1n) is 6.23. The highest BCUT2D eigenvalue weighted by Gasteiger charge is 2.03. The summed E-state index contributed by atoms with van der Waals surface area (Å²) in [4.78, 5) is 17.5. The number of esters is 1. The molecule has 0 aliphatic rings. The highest BCUT2D eigenvalue weighted by atomic mass is 16.5. The molecule has 1 aromatic rings. The molecule has 0 radical (unpaired) electrons. The minimum Gasteiger partial charge on any atom is -0.469 e. The van der Waals surface area contributed by atoms with Crippen molar-refractivity contribution in [2.75, 3.05) is 37.0 Å². The molecule has 0 amide bonds. The van der Waals surface area contributed by atoms with Gasteiger partial charge in [-0.3, -0.25) is 4.79 Å². The Kier molecular flexibility index (Phi) is 5.97. The van der Waals surface area contributed by atoms with Gasteiger partial charge in [0.15, 0.2) is 0 Å². The first kappa shape index (κ1) is 14.3. The number of carbonyl (C=O) groups is 1. The zero-order valence-electron chi connectivity index (χ0n) is 11.3. The van der Waals surface area contributed by atoms with E-state index in [1.54, 1.807) is 6.20 Å². The number of methoxy groups -OCH3 is 1. The van der Waals surface area contributed by atoms with Gasteiger partial charge in [0.2, 0.25) is 0 Å². The van der Waals surface area contributed by atoms with Gasteiger partial charge in [0.25, 0.3) is 0 Å². The van der Waals surface area contributed by atoms with Gasteiger partial charge in [-0.15, -0.1) is 0 Å². The average Bonchev–Trinajstić information content (AvgIpc) is 2.41. The molecule has 0 saturated heterocycles. The number of carbonyl (C=O) groups excluding carboxylic acids is 1. The van der Waals surface area contributed by atoms with Crippen LogP contribution in [0.15, 0.2) is 18.3 Å². The molecular weight excluding hydrogens is 230 g/mol. The van der Waals surface area contributed by atoms with Crippen molar-refractivity contribution in [3.05, 3.63) is 18.3 Å². The van der Waals surface area contributed by atoms with Crippen molar-refractivity contribution in [1.29, 1.82) is 0 Å². The number of anilines is 2. The van der Waals surface area contributed by atoms with Crippen molar-refractivity contribution in [3.8, 4) is 0 Å². The monoisotopic (exact) mass is 251 g/mol. The number of ether oxygens (including phenoxy) is 1. The van der Waals surface area contributed by atoms with Crippen LogP contribution in [0.3, 0.4) is 0 Å². The van der Waals surface area contributed by atoms with E-state index in [0.717, 1.165) is 24.6 Å². The Morgan fingerprint density at radius 2 is 2.11 bits per heavy atom. The first-order valence-corrected chi connectivity index (χ1v) is 6.23. The molecule has 0 spiro atoms. The largest absolute Gasteiger partial charge is 0.469 e. The molecule has 0 atom stereocenters. The Balaban J connectivity index is 2.47. The molecule has 1 heterocycles. The van der Waals surface area contributed by atoms with Crippen LogP contribution in [-0.4, -0.2) is 37.7 Å². The van der Waals surface area contributed by atoms with E-state index < -0.39 is 0 Å². The average molecular weight is 251 g/mol. The van der Waals surface area contributed by atoms with E-state index in [1.807, 2.05) is 12.1 Å². The van der Waals surface area contributed by atoms with Crippen LogP contribution >= 0.6 is 0 Å². The molecule has 100 valence electrons. The highest BCUT2D eigenvalue weighted by Crippen LogP contribution is 2.13. The number of nitrogens with zero attached hydrogens (tertiary/aromatic N) is 2. The summed E-state index contributed by atoms with van der Waals surface area (Å²) in [5.41, 5.74) is 0.912. The number of aromatic nitrogens is 1. The van der Waals surface area contributed by atoms with E-state index in [1.165, 1.54) is 7.11 Å². The third-order valence-electron chi connectivity index (χ3n) is 2.72. The summed E-state index contributed by atoms with van der Waals surface area (Å²) in [7, 11) is 1.39. The Labute approximate surface area is 108 Å². The quantitative estimate of drug-likeness (QED) is 0.750. The van der Waals surface area contributed by atoms with Crippen molar-refractivity contribution in [3.63, 3.8) is 0 Å². The molecule has 0 fully saturated rings. The van der Waals surface area contributed by atoms with E-state index in [2.05, 4.69) is 33.8 Å². The predicted molar refractivity (Wildman–Crippen MR) is 72.9 cm³/mol. The summed E-state index contributed by atoms with van der Waals surface area (Å²) < 4.78 is 4.57. The second kappa shape index (κ2) is 7.53. The van der Waals surface area contributed by atoms with Gasteiger partial charge in [-0.05, 0) is 26.0 Å². The van der Waals surface area contributed by atoms with Gasteiger partial charge in [-0.25, -0.2) is 4.98 Å². The fourth-order valence-corrected chi connectivity index (χ4v) is 1.64. The molecule has 0 aliphatic heterocycles. The van der Waals surface area contributed by atoms with E-state index in [9.17, 15) is 4.79 Å². The normalized spacial score (nSPS) is 9.94. The fourth-order valence-electron chi connectivity index (χ4n) is 1.64. The molecule has 1 N–H and O–H groups in total. The molecule has 0 unspecified atom stereocenters. The second-order valence-electron chi connectivity index (χ2n) is 3.83. The number of pyridine rings is 1. The lowest BCUT2D eigenvalue weighted by Crippen LogP contribution is -2.22. The standard InChI is InChI=1S/C13H21N3O2/c1-4-16(5-2)12-7-6-11(10-15-12)14-9-8-13(17)18-3/h6-7,10,14H,4-5,8-9H2,1-3H3. The molecule has 0 bridgehead atoms. The van der Waals surface area contributed by atoms with Gasteiger partial charge in [-0.2, -0.15) is 0 Å². The van der Waals surface area contributed by atoms with Crippen molar-refractivity contribution in [2.24, 2.45) is 0 Å². The van der Waals surface area contributed by atoms with Crippen molar-refractivity contribution < 1.29 is 9.53 Å². The summed E-state index contributed by atoms with van der Waals surface area (Å²) in [6.07, 6.45) is 2.14. The molecule has 1 aromatic heterocycles. The van der Waals surface area contributed by atoms with Gasteiger partial charge in [-0.1, -0.05) is 0 Å². The van der Waals surface area contributed by atoms with Crippen LogP contribution in [0.2, 0.25) is 0 Å². The van der Waals surface area contributed by atoms with Crippen molar-refractivity contribution in [2.45, 2.75) is 20.3 Å². The van der Waals surface area contributed by atoms with Crippen LogP contribution < -0.4 is 10.2 Å². The Morgan fingerprint density at radius 1 is 1.39 bits per heavy atom. The van der Waals surface area contributed by atoms with E-state index in [4.69, 9.17) is 0 Å². The summed E-state index contributed by atoms with van der Waals surface area (Å²) in [6.45, 7) is 6.65. The summed E-state index contributed by atoms with van der Waals surface area (Å²) in [5.74, 6) is 0.758. The molecule has 0 saturated carbocycles. The SMILES string of the molecule is CCN(CC)c1ccc(NCCC(=O)OC)cn1. The maximum absolute atomic E-state index is 10.9. The van der Waals surface area contributed by atoms with Gasteiger partial charge in [0, 0.05) is 19.6 Å². The lowest BCUT2D eigenvalue weighted by molar-refractivity contribution is -0.140. The number of hydrogen-bond donors (Lipinski definition) is 1. The lowest BCUT2D eigenvalue weighted by Gasteiger charge is -2.19. The van der Waals surface area contributed by atoms with E-state index in [0.29, 0.717) is 13.0 Å². The maximum atomic E-state index is 10.9. The van der Waals surface area contributed by atoms with E-state index >= 15 is 0 Å². The first-order chi connectivity index (χ1) is 8.71. The van der Waals surface area contributed by atoms with Gasteiger partial charge >= 0.3 is 5.97 Å².